The van der Waals surface area contributed by atoms with Crippen LogP contribution in [0.15, 0.2) is 54.6 Å². The predicted molar refractivity (Wildman–Crippen MR) is 91.6 cm³/mol. The number of carbonyl (C=O) groups is 1. The fraction of sp³-hybridized carbons (Fsp3) is 0.316. The van der Waals surface area contributed by atoms with Crippen LogP contribution in [0.5, 0.6) is 11.5 Å². The van der Waals surface area contributed by atoms with Gasteiger partial charge in [0.25, 0.3) is 0 Å². The van der Waals surface area contributed by atoms with Crippen LogP contribution < -0.4 is 14.8 Å². The van der Waals surface area contributed by atoms with E-state index in [0.717, 1.165) is 25.0 Å². The summed E-state index contributed by atoms with van der Waals surface area (Å²) in [4.78, 5) is 11.6. The molecule has 0 radical (unpaired) electrons. The second-order valence-electron chi connectivity index (χ2n) is 5.62. The minimum Gasteiger partial charge on any atom is -0.493 e. The lowest BCUT2D eigenvalue weighted by atomic mass is 10.3. The Morgan fingerprint density at radius 3 is 2.42 bits per heavy atom. The smallest absolute Gasteiger partial charge is 0.411 e. The highest BCUT2D eigenvalue weighted by atomic mass is 16.6. The molecule has 0 aromatic heterocycles. The molecule has 0 bridgehead atoms. The second kappa shape index (κ2) is 8.24. The topological polar surface area (TPSA) is 56.8 Å². The second-order valence-corrected chi connectivity index (χ2v) is 5.62. The van der Waals surface area contributed by atoms with E-state index in [2.05, 4.69) is 5.32 Å². The van der Waals surface area contributed by atoms with Gasteiger partial charge in [0.15, 0.2) is 0 Å². The molecule has 24 heavy (non-hydrogen) atoms. The summed E-state index contributed by atoms with van der Waals surface area (Å²) < 4.78 is 16.4. The molecule has 0 aliphatic heterocycles. The third kappa shape index (κ3) is 5.50. The highest BCUT2D eigenvalue weighted by molar-refractivity contribution is 5.85. The Kier molecular flexibility index (Phi) is 5.56. The van der Waals surface area contributed by atoms with E-state index < -0.39 is 6.09 Å². The molecule has 2 aromatic rings. The molecule has 5 heteroatoms. The van der Waals surface area contributed by atoms with Gasteiger partial charge in [-0.05, 0) is 37.1 Å². The van der Waals surface area contributed by atoms with Gasteiger partial charge in [0, 0.05) is 18.2 Å². The van der Waals surface area contributed by atoms with Crippen molar-refractivity contribution in [2.24, 2.45) is 0 Å². The summed E-state index contributed by atoms with van der Waals surface area (Å²) in [5, 5.41) is 2.71. The van der Waals surface area contributed by atoms with Gasteiger partial charge in [0.1, 0.15) is 17.6 Å². The van der Waals surface area contributed by atoms with Crippen molar-refractivity contribution in [3.63, 3.8) is 0 Å². The highest BCUT2D eigenvalue weighted by Crippen LogP contribution is 2.24. The molecule has 126 valence electrons. The summed E-state index contributed by atoms with van der Waals surface area (Å²) >= 11 is 0. The summed E-state index contributed by atoms with van der Waals surface area (Å²) in [6.07, 6.45) is 2.37. The maximum Gasteiger partial charge on any atom is 0.411 e. The van der Waals surface area contributed by atoms with E-state index in [4.69, 9.17) is 14.2 Å². The largest absolute Gasteiger partial charge is 0.493 e. The number of carbonyl (C=O) groups excluding carboxylic acids is 1. The van der Waals surface area contributed by atoms with E-state index in [1.807, 2.05) is 42.5 Å². The van der Waals surface area contributed by atoms with Crippen LogP contribution in [0.2, 0.25) is 0 Å². The van der Waals surface area contributed by atoms with Gasteiger partial charge in [-0.3, -0.25) is 5.32 Å². The summed E-state index contributed by atoms with van der Waals surface area (Å²) in [6.45, 7) is 1.14. The van der Waals surface area contributed by atoms with Crippen LogP contribution in [0.4, 0.5) is 10.5 Å². The quantitative estimate of drug-likeness (QED) is 0.737. The van der Waals surface area contributed by atoms with Crippen LogP contribution >= 0.6 is 0 Å². The molecule has 1 saturated carbocycles. The van der Waals surface area contributed by atoms with Crippen molar-refractivity contribution >= 4 is 11.8 Å². The first kappa shape index (κ1) is 16.2. The average molecular weight is 327 g/mol. The predicted octanol–water partition coefficient (Wildman–Crippen LogP) is 4.25. The Morgan fingerprint density at radius 2 is 1.67 bits per heavy atom. The van der Waals surface area contributed by atoms with E-state index in [9.17, 15) is 4.79 Å². The number of anilines is 1. The summed E-state index contributed by atoms with van der Waals surface area (Å²) in [6, 6.07) is 17.0. The molecular weight excluding hydrogens is 306 g/mol. The Labute approximate surface area is 141 Å². The Bertz CT molecular complexity index is 655. The molecule has 0 saturated heterocycles. The molecule has 0 unspecified atom stereocenters. The molecule has 0 heterocycles. The van der Waals surface area contributed by atoms with E-state index in [1.54, 1.807) is 12.1 Å². The number of hydrogen-bond acceptors (Lipinski definition) is 4. The van der Waals surface area contributed by atoms with Crippen molar-refractivity contribution in [2.75, 3.05) is 18.5 Å². The first-order valence-corrected chi connectivity index (χ1v) is 8.18. The number of benzene rings is 2. The molecule has 1 amide bonds. The van der Waals surface area contributed by atoms with Gasteiger partial charge < -0.3 is 14.2 Å². The van der Waals surface area contributed by atoms with Crippen molar-refractivity contribution in [3.8, 4) is 11.5 Å². The molecule has 2 aromatic carbocycles. The summed E-state index contributed by atoms with van der Waals surface area (Å²) in [5.74, 6) is 1.57. The van der Waals surface area contributed by atoms with Crippen LogP contribution in [0.3, 0.4) is 0 Å². The third-order valence-corrected chi connectivity index (χ3v) is 3.45. The minimum atomic E-state index is -0.411. The van der Waals surface area contributed by atoms with Crippen LogP contribution in [-0.2, 0) is 4.74 Å². The van der Waals surface area contributed by atoms with Crippen molar-refractivity contribution in [3.05, 3.63) is 54.6 Å². The standard InChI is InChI=1S/C19H21NO4/c21-19(24-17-10-11-17)20-15-6-4-9-18(14-15)23-13-5-12-22-16-7-2-1-3-8-16/h1-4,6-9,14,17H,5,10-13H2,(H,20,21). The van der Waals surface area contributed by atoms with Crippen LogP contribution in [0, 0.1) is 0 Å². The lowest BCUT2D eigenvalue weighted by molar-refractivity contribution is 0.154. The summed E-state index contributed by atoms with van der Waals surface area (Å²) in [7, 11) is 0. The van der Waals surface area contributed by atoms with Crippen LogP contribution in [-0.4, -0.2) is 25.4 Å². The van der Waals surface area contributed by atoms with E-state index in [1.165, 1.54) is 0 Å². The Morgan fingerprint density at radius 1 is 0.958 bits per heavy atom. The molecule has 0 atom stereocenters. The molecular formula is C19H21NO4. The number of rotatable bonds is 8. The van der Waals surface area contributed by atoms with Gasteiger partial charge in [-0.15, -0.1) is 0 Å². The maximum absolute atomic E-state index is 11.6. The maximum atomic E-state index is 11.6. The van der Waals surface area contributed by atoms with E-state index in [0.29, 0.717) is 24.7 Å². The number of amides is 1. The van der Waals surface area contributed by atoms with Gasteiger partial charge in [-0.25, -0.2) is 4.79 Å². The van der Waals surface area contributed by atoms with Crippen molar-refractivity contribution in [2.45, 2.75) is 25.4 Å². The zero-order valence-corrected chi connectivity index (χ0v) is 13.4. The van der Waals surface area contributed by atoms with Crippen LogP contribution in [0.1, 0.15) is 19.3 Å². The molecule has 5 nitrogen and oxygen atoms in total. The monoisotopic (exact) mass is 327 g/mol. The third-order valence-electron chi connectivity index (χ3n) is 3.45. The highest BCUT2D eigenvalue weighted by Gasteiger charge is 2.25. The number of nitrogens with one attached hydrogen (secondary N) is 1. The normalized spacial score (nSPS) is 13.2. The zero-order chi connectivity index (χ0) is 16.6. The van der Waals surface area contributed by atoms with Crippen molar-refractivity contribution in [1.29, 1.82) is 0 Å². The van der Waals surface area contributed by atoms with Crippen LogP contribution in [0.25, 0.3) is 0 Å². The molecule has 3 rings (SSSR count). The number of para-hydroxylation sites is 1. The average Bonchev–Trinajstić information content (AvgIpc) is 3.39. The van der Waals surface area contributed by atoms with Gasteiger partial charge in [-0.1, -0.05) is 24.3 Å². The lowest BCUT2D eigenvalue weighted by Gasteiger charge is -2.10. The van der Waals surface area contributed by atoms with E-state index in [-0.39, 0.29) is 6.10 Å². The summed E-state index contributed by atoms with van der Waals surface area (Å²) in [5.41, 5.74) is 0.665. The van der Waals surface area contributed by atoms with Crippen molar-refractivity contribution in [1.82, 2.24) is 0 Å². The molecule has 1 aliphatic carbocycles. The van der Waals surface area contributed by atoms with Gasteiger partial charge >= 0.3 is 6.09 Å². The Balaban J connectivity index is 1.37. The number of hydrogen-bond donors (Lipinski definition) is 1. The van der Waals surface area contributed by atoms with E-state index >= 15 is 0 Å². The number of ether oxygens (including phenoxy) is 3. The van der Waals surface area contributed by atoms with Crippen molar-refractivity contribution < 1.29 is 19.0 Å². The van der Waals surface area contributed by atoms with Gasteiger partial charge in [-0.2, -0.15) is 0 Å². The lowest BCUT2D eigenvalue weighted by Crippen LogP contribution is -2.14. The molecule has 1 N–H and O–H groups in total. The van der Waals surface area contributed by atoms with Gasteiger partial charge in [0.05, 0.1) is 13.2 Å². The van der Waals surface area contributed by atoms with Gasteiger partial charge in [0.2, 0.25) is 0 Å². The first-order chi connectivity index (χ1) is 11.8. The molecule has 1 aliphatic rings. The molecule has 0 spiro atoms. The zero-order valence-electron chi connectivity index (χ0n) is 13.4. The SMILES string of the molecule is O=C(Nc1cccc(OCCCOc2ccccc2)c1)OC1CC1. The fourth-order valence-electron chi connectivity index (χ4n) is 2.10. The first-order valence-electron chi connectivity index (χ1n) is 8.18. The fourth-order valence-corrected chi connectivity index (χ4v) is 2.10. The minimum absolute atomic E-state index is 0.0917. The molecule has 1 fully saturated rings. The Hall–Kier alpha value is -2.69.